The van der Waals surface area contributed by atoms with Gasteiger partial charge in [0.2, 0.25) is 10.0 Å². The van der Waals surface area contributed by atoms with Gasteiger partial charge >= 0.3 is 0 Å². The van der Waals surface area contributed by atoms with Gasteiger partial charge in [-0.1, -0.05) is 49.1 Å². The molecule has 1 aromatic carbocycles. The van der Waals surface area contributed by atoms with E-state index in [1.165, 1.54) is 9.71 Å². The van der Waals surface area contributed by atoms with Crippen LogP contribution >= 0.6 is 0 Å². The minimum Gasteiger partial charge on any atom is -0.228 e. The largest absolute Gasteiger partial charge is 0.236 e. The fraction of sp³-hybridized carbons (Fsp3) is 0.556. The third kappa shape index (κ3) is 4.15. The van der Waals surface area contributed by atoms with Crippen molar-refractivity contribution in [3.05, 3.63) is 40.8 Å². The first-order valence-electron chi connectivity index (χ1n) is 8.77. The molecule has 25 heavy (non-hydrogen) atoms. The summed E-state index contributed by atoms with van der Waals surface area (Å²) >= 11 is 0. The van der Waals surface area contributed by atoms with Crippen molar-refractivity contribution in [2.24, 2.45) is 0 Å². The zero-order valence-electron chi connectivity index (χ0n) is 14.5. The molecule has 1 saturated heterocycles. The topological polar surface area (TPSA) is 71.5 Å². The van der Waals surface area contributed by atoms with Crippen molar-refractivity contribution < 1.29 is 16.8 Å². The van der Waals surface area contributed by atoms with Crippen LogP contribution in [0.4, 0.5) is 0 Å². The summed E-state index contributed by atoms with van der Waals surface area (Å²) in [4.78, 5) is 0. The highest BCUT2D eigenvalue weighted by Crippen LogP contribution is 2.31. The molecule has 1 aromatic rings. The van der Waals surface area contributed by atoms with Crippen LogP contribution < -0.4 is 0 Å². The predicted molar refractivity (Wildman–Crippen MR) is 100 cm³/mol. The minimum atomic E-state index is -3.57. The van der Waals surface area contributed by atoms with Gasteiger partial charge in [0.25, 0.3) is 0 Å². The standard InChI is InChI=1S/C18H25NO4S2/c1-15-7-9-16(10-8-15)11-12-24(20,21)19-13-18(14-19)25(22,23)17-5-3-2-4-6-17/h7-12,17-18H,2-6,13-14H2,1H3/b12-11+. The van der Waals surface area contributed by atoms with Gasteiger partial charge in [-0.15, -0.1) is 0 Å². The Morgan fingerprint density at radius 1 is 0.920 bits per heavy atom. The second kappa shape index (κ2) is 7.21. The quantitative estimate of drug-likeness (QED) is 0.784. The van der Waals surface area contributed by atoms with Crippen molar-refractivity contribution in [2.45, 2.75) is 49.5 Å². The van der Waals surface area contributed by atoms with Crippen LogP contribution in [0.1, 0.15) is 43.2 Å². The number of sulfonamides is 1. The molecule has 7 heteroatoms. The molecule has 5 nitrogen and oxygen atoms in total. The van der Waals surface area contributed by atoms with Crippen molar-refractivity contribution in [1.82, 2.24) is 4.31 Å². The van der Waals surface area contributed by atoms with E-state index in [0.29, 0.717) is 0 Å². The molecule has 0 bridgehead atoms. The summed E-state index contributed by atoms with van der Waals surface area (Å²) in [6.07, 6.45) is 6.01. The number of benzene rings is 1. The van der Waals surface area contributed by atoms with Gasteiger partial charge in [-0.2, -0.15) is 4.31 Å². The Labute approximate surface area is 150 Å². The van der Waals surface area contributed by atoms with Gasteiger partial charge in [0.05, 0.1) is 10.5 Å². The molecule has 2 aliphatic rings. The van der Waals surface area contributed by atoms with Crippen LogP contribution in [-0.2, 0) is 19.9 Å². The SMILES string of the molecule is Cc1ccc(/C=C/S(=O)(=O)N2CC(S(=O)(=O)C3CCCCC3)C2)cc1. The second-order valence-electron chi connectivity index (χ2n) is 7.05. The van der Waals surface area contributed by atoms with Gasteiger partial charge in [-0.05, 0) is 31.4 Å². The summed E-state index contributed by atoms with van der Waals surface area (Å²) < 4.78 is 51.2. The average molecular weight is 384 g/mol. The minimum absolute atomic E-state index is 0.0827. The first-order chi connectivity index (χ1) is 11.8. The number of sulfone groups is 1. The van der Waals surface area contributed by atoms with Crippen LogP contribution in [0.15, 0.2) is 29.7 Å². The van der Waals surface area contributed by atoms with Gasteiger partial charge in [0.1, 0.15) is 0 Å². The lowest BCUT2D eigenvalue weighted by Crippen LogP contribution is -2.58. The summed E-state index contributed by atoms with van der Waals surface area (Å²) in [6, 6.07) is 7.55. The Kier molecular flexibility index (Phi) is 5.37. The zero-order valence-corrected chi connectivity index (χ0v) is 16.1. The molecule has 138 valence electrons. The van der Waals surface area contributed by atoms with Crippen LogP contribution in [0.25, 0.3) is 6.08 Å². The fourth-order valence-corrected chi connectivity index (χ4v) is 7.19. The molecule has 1 aliphatic heterocycles. The van der Waals surface area contributed by atoms with E-state index in [1.54, 1.807) is 6.08 Å². The smallest absolute Gasteiger partial charge is 0.228 e. The maximum Gasteiger partial charge on any atom is 0.236 e. The first kappa shape index (κ1) is 18.6. The monoisotopic (exact) mass is 383 g/mol. The predicted octanol–water partition coefficient (Wildman–Crippen LogP) is 2.73. The summed E-state index contributed by atoms with van der Waals surface area (Å²) in [7, 11) is -6.79. The van der Waals surface area contributed by atoms with Crippen molar-refractivity contribution in [1.29, 1.82) is 0 Å². The van der Waals surface area contributed by atoms with E-state index in [0.717, 1.165) is 43.2 Å². The van der Waals surface area contributed by atoms with E-state index in [2.05, 4.69) is 0 Å². The van der Waals surface area contributed by atoms with Crippen molar-refractivity contribution >= 4 is 25.9 Å². The Hall–Kier alpha value is -1.18. The molecule has 3 rings (SSSR count). The van der Waals surface area contributed by atoms with E-state index in [9.17, 15) is 16.8 Å². The summed E-state index contributed by atoms with van der Waals surface area (Å²) in [5.41, 5.74) is 1.92. The van der Waals surface area contributed by atoms with Crippen LogP contribution in [0.5, 0.6) is 0 Å². The summed E-state index contributed by atoms with van der Waals surface area (Å²) in [6.45, 7) is 2.13. The molecule has 0 N–H and O–H groups in total. The third-order valence-corrected chi connectivity index (χ3v) is 9.29. The maximum atomic E-state index is 12.6. The lowest BCUT2D eigenvalue weighted by molar-refractivity contribution is 0.310. The van der Waals surface area contributed by atoms with E-state index in [-0.39, 0.29) is 18.3 Å². The van der Waals surface area contributed by atoms with Crippen LogP contribution in [-0.4, -0.2) is 44.7 Å². The molecular weight excluding hydrogens is 358 g/mol. The van der Waals surface area contributed by atoms with E-state index in [1.807, 2.05) is 31.2 Å². The highest BCUT2D eigenvalue weighted by molar-refractivity contribution is 7.94. The maximum absolute atomic E-state index is 12.6. The van der Waals surface area contributed by atoms with Gasteiger partial charge in [-0.3, -0.25) is 0 Å². The molecule has 0 atom stereocenters. The molecule has 0 aromatic heterocycles. The van der Waals surface area contributed by atoms with Crippen molar-refractivity contribution in [3.8, 4) is 0 Å². The van der Waals surface area contributed by atoms with Gasteiger partial charge in [-0.25, -0.2) is 16.8 Å². The third-order valence-electron chi connectivity index (χ3n) is 5.17. The molecular formula is C18H25NO4S2. The molecule has 1 aliphatic carbocycles. The van der Waals surface area contributed by atoms with Gasteiger partial charge in [0.15, 0.2) is 9.84 Å². The molecule has 2 fully saturated rings. The number of nitrogens with zero attached hydrogens (tertiary/aromatic N) is 1. The molecule has 0 spiro atoms. The molecule has 0 amide bonds. The van der Waals surface area contributed by atoms with Crippen LogP contribution in [0, 0.1) is 6.92 Å². The highest BCUT2D eigenvalue weighted by Gasteiger charge is 2.45. The summed E-state index contributed by atoms with van der Waals surface area (Å²) in [5, 5.41) is 0.346. The zero-order chi connectivity index (χ0) is 18.1. The molecule has 1 saturated carbocycles. The van der Waals surface area contributed by atoms with E-state index >= 15 is 0 Å². The van der Waals surface area contributed by atoms with Crippen LogP contribution in [0.3, 0.4) is 0 Å². The first-order valence-corrected chi connectivity index (χ1v) is 11.9. The molecule has 0 radical (unpaired) electrons. The Bertz CT molecular complexity index is 830. The van der Waals surface area contributed by atoms with E-state index in [4.69, 9.17) is 0 Å². The van der Waals surface area contributed by atoms with Crippen molar-refractivity contribution in [3.63, 3.8) is 0 Å². The Morgan fingerprint density at radius 3 is 2.12 bits per heavy atom. The van der Waals surface area contributed by atoms with Crippen molar-refractivity contribution in [2.75, 3.05) is 13.1 Å². The number of hydrogen-bond donors (Lipinski definition) is 0. The Balaban J connectivity index is 1.61. The molecule has 1 heterocycles. The number of aryl methyl sites for hydroxylation is 1. The van der Waals surface area contributed by atoms with E-state index < -0.39 is 25.1 Å². The average Bonchev–Trinajstić information content (AvgIpc) is 2.53. The van der Waals surface area contributed by atoms with Gasteiger partial charge in [0, 0.05) is 18.5 Å². The summed E-state index contributed by atoms with van der Waals surface area (Å²) in [5.74, 6) is 0. The normalized spacial score (nSPS) is 21.5. The lowest BCUT2D eigenvalue weighted by Gasteiger charge is -2.39. The number of hydrogen-bond acceptors (Lipinski definition) is 4. The lowest BCUT2D eigenvalue weighted by atomic mass is 10.0. The van der Waals surface area contributed by atoms with Gasteiger partial charge < -0.3 is 0 Å². The number of rotatable bonds is 5. The second-order valence-corrected chi connectivity index (χ2v) is 11.4. The highest BCUT2D eigenvalue weighted by atomic mass is 32.2. The Morgan fingerprint density at radius 2 is 1.52 bits per heavy atom. The fourth-order valence-electron chi connectivity index (χ4n) is 3.41. The molecule has 0 unspecified atom stereocenters. The van der Waals surface area contributed by atoms with Crippen LogP contribution in [0.2, 0.25) is 0 Å².